The van der Waals surface area contributed by atoms with E-state index >= 15 is 0 Å². The monoisotopic (exact) mass is 481 g/mol. The number of aliphatic hydroxyl groups excluding tert-OH is 1. The van der Waals surface area contributed by atoms with Crippen molar-refractivity contribution in [3.8, 4) is 0 Å². The fourth-order valence-electron chi connectivity index (χ4n) is 3.35. The molecule has 1 atom stereocenters. The number of hydrogen-bond donors (Lipinski definition) is 2. The normalized spacial score (nSPS) is 15.5. The van der Waals surface area contributed by atoms with E-state index in [2.05, 4.69) is 5.32 Å². The van der Waals surface area contributed by atoms with Gasteiger partial charge in [0, 0.05) is 30.5 Å². The molecule has 162 valence electrons. The summed E-state index contributed by atoms with van der Waals surface area (Å²) in [6, 6.07) is 6.67. The van der Waals surface area contributed by atoms with Crippen LogP contribution in [0.3, 0.4) is 0 Å². The second-order valence-corrected chi connectivity index (χ2v) is 9.09. The first kappa shape index (κ1) is 22.9. The van der Waals surface area contributed by atoms with Crippen molar-refractivity contribution >= 4 is 44.8 Å². The van der Waals surface area contributed by atoms with E-state index in [4.69, 9.17) is 16.0 Å². The van der Waals surface area contributed by atoms with Crippen molar-refractivity contribution < 1.29 is 31.1 Å². The molecule has 0 radical (unpaired) electrons. The third-order valence-corrected chi connectivity index (χ3v) is 6.89. The van der Waals surface area contributed by atoms with Crippen molar-refractivity contribution in [3.05, 3.63) is 58.3 Å². The first-order chi connectivity index (χ1) is 13.6. The Kier molecular flexibility index (Phi) is 6.14. The van der Waals surface area contributed by atoms with Crippen molar-refractivity contribution in [2.24, 2.45) is 0 Å². The average Bonchev–Trinajstić information content (AvgIpc) is 3.06. The average molecular weight is 482 g/mol. The van der Waals surface area contributed by atoms with Crippen LogP contribution in [0, 0.1) is 0 Å². The maximum absolute atomic E-state index is 13.0. The molecule has 2 aromatic carbocycles. The Bertz CT molecular complexity index is 1190. The zero-order valence-corrected chi connectivity index (χ0v) is 17.6. The molecule has 0 aliphatic carbocycles. The van der Waals surface area contributed by atoms with E-state index in [1.54, 1.807) is 0 Å². The standard InChI is InChI=1S/C19H15ClF3NO4S.ClH/c20-15-8-12(7-13-14-9-24-6-5-16(14)28-17(13)15)29(26,27)11-3-1-10(2-4-11)18(25)19(21,22)23;/h1-4,7-8,18,24-25H,5-6,9H2;1H. The van der Waals surface area contributed by atoms with Crippen molar-refractivity contribution in [1.29, 1.82) is 0 Å². The van der Waals surface area contributed by atoms with Crippen molar-refractivity contribution in [2.75, 3.05) is 6.54 Å². The molecule has 0 saturated carbocycles. The fourth-order valence-corrected chi connectivity index (χ4v) is 4.99. The molecule has 2 N–H and O–H groups in total. The second-order valence-electron chi connectivity index (χ2n) is 6.73. The molecule has 2 heterocycles. The highest BCUT2D eigenvalue weighted by atomic mass is 35.5. The number of hydrogen-bond acceptors (Lipinski definition) is 5. The van der Waals surface area contributed by atoms with Gasteiger partial charge in [0.05, 0.1) is 14.8 Å². The van der Waals surface area contributed by atoms with Gasteiger partial charge in [-0.3, -0.25) is 0 Å². The Morgan fingerprint density at radius 3 is 2.43 bits per heavy atom. The second kappa shape index (κ2) is 8.05. The molecule has 0 spiro atoms. The zero-order valence-electron chi connectivity index (χ0n) is 15.2. The summed E-state index contributed by atoms with van der Waals surface area (Å²) in [5, 5.41) is 13.2. The number of rotatable bonds is 3. The van der Waals surface area contributed by atoms with E-state index in [-0.39, 0.29) is 27.2 Å². The van der Waals surface area contributed by atoms with Crippen LogP contribution >= 0.6 is 24.0 Å². The molecule has 5 nitrogen and oxygen atoms in total. The van der Waals surface area contributed by atoms with E-state index in [0.717, 1.165) is 42.1 Å². The lowest BCUT2D eigenvalue weighted by Crippen LogP contribution is -2.22. The minimum absolute atomic E-state index is 0. The van der Waals surface area contributed by atoms with Crippen LogP contribution in [-0.2, 0) is 22.8 Å². The Morgan fingerprint density at radius 2 is 1.80 bits per heavy atom. The molecule has 1 unspecified atom stereocenters. The van der Waals surface area contributed by atoms with Gasteiger partial charge in [0.1, 0.15) is 5.76 Å². The van der Waals surface area contributed by atoms with Gasteiger partial charge in [-0.25, -0.2) is 8.42 Å². The fraction of sp³-hybridized carbons (Fsp3) is 0.263. The maximum Gasteiger partial charge on any atom is 0.418 e. The van der Waals surface area contributed by atoms with E-state index in [1.807, 2.05) is 0 Å². The Morgan fingerprint density at radius 1 is 1.13 bits per heavy atom. The Balaban J connectivity index is 0.00000256. The van der Waals surface area contributed by atoms with Crippen LogP contribution in [0.25, 0.3) is 11.0 Å². The zero-order chi connectivity index (χ0) is 21.0. The number of alkyl halides is 3. The molecule has 0 saturated heterocycles. The molecule has 0 amide bonds. The molecule has 30 heavy (non-hydrogen) atoms. The predicted molar refractivity (Wildman–Crippen MR) is 107 cm³/mol. The number of benzene rings is 2. The molecular weight excluding hydrogens is 466 g/mol. The van der Waals surface area contributed by atoms with Crippen LogP contribution in [0.15, 0.2) is 50.6 Å². The number of furan rings is 1. The minimum Gasteiger partial charge on any atom is -0.459 e. The highest BCUT2D eigenvalue weighted by molar-refractivity contribution is 7.91. The van der Waals surface area contributed by atoms with Gasteiger partial charge < -0.3 is 14.8 Å². The number of aliphatic hydroxyl groups is 1. The number of fused-ring (bicyclic) bond motifs is 3. The lowest BCUT2D eigenvalue weighted by atomic mass is 10.1. The van der Waals surface area contributed by atoms with Gasteiger partial charge in [0.25, 0.3) is 0 Å². The maximum atomic E-state index is 13.0. The molecule has 0 fully saturated rings. The SMILES string of the molecule is Cl.O=S(=O)(c1ccc(C(O)C(F)(F)F)cc1)c1cc(Cl)c2oc3c(c2c1)CNCC3. The van der Waals surface area contributed by atoms with E-state index < -0.39 is 27.7 Å². The van der Waals surface area contributed by atoms with Crippen LogP contribution in [0.4, 0.5) is 13.2 Å². The molecule has 3 aromatic rings. The quantitative estimate of drug-likeness (QED) is 0.572. The van der Waals surface area contributed by atoms with Gasteiger partial charge in [-0.2, -0.15) is 13.2 Å². The summed E-state index contributed by atoms with van der Waals surface area (Å²) < 4.78 is 69.7. The van der Waals surface area contributed by atoms with Gasteiger partial charge in [-0.05, 0) is 29.8 Å². The van der Waals surface area contributed by atoms with Gasteiger partial charge >= 0.3 is 6.18 Å². The lowest BCUT2D eigenvalue weighted by molar-refractivity contribution is -0.206. The summed E-state index contributed by atoms with van der Waals surface area (Å²) in [6.45, 7) is 1.26. The summed E-state index contributed by atoms with van der Waals surface area (Å²) in [4.78, 5) is -0.296. The first-order valence-electron chi connectivity index (χ1n) is 8.63. The minimum atomic E-state index is -4.84. The van der Waals surface area contributed by atoms with Gasteiger partial charge in [-0.1, -0.05) is 23.7 Å². The topological polar surface area (TPSA) is 79.5 Å². The molecule has 1 aromatic heterocycles. The summed E-state index contributed by atoms with van der Waals surface area (Å²) in [7, 11) is -4.04. The highest BCUT2D eigenvalue weighted by Crippen LogP contribution is 2.37. The van der Waals surface area contributed by atoms with Crippen LogP contribution in [0.5, 0.6) is 0 Å². The van der Waals surface area contributed by atoms with Gasteiger partial charge in [0.15, 0.2) is 11.7 Å². The highest BCUT2D eigenvalue weighted by Gasteiger charge is 2.39. The van der Waals surface area contributed by atoms with Crippen molar-refractivity contribution in [3.63, 3.8) is 0 Å². The smallest absolute Gasteiger partial charge is 0.418 e. The van der Waals surface area contributed by atoms with Crippen LogP contribution in [0.2, 0.25) is 5.02 Å². The van der Waals surface area contributed by atoms with E-state index in [9.17, 15) is 26.7 Å². The van der Waals surface area contributed by atoms with Crippen LogP contribution in [-0.4, -0.2) is 26.2 Å². The van der Waals surface area contributed by atoms with Crippen molar-refractivity contribution in [1.82, 2.24) is 5.32 Å². The molecular formula is C19H16Cl2F3NO4S. The van der Waals surface area contributed by atoms with E-state index in [0.29, 0.717) is 23.9 Å². The molecule has 1 aliphatic rings. The number of sulfone groups is 1. The lowest BCUT2D eigenvalue weighted by Gasteiger charge is -2.15. The summed E-state index contributed by atoms with van der Waals surface area (Å²) in [6.07, 6.45) is -6.87. The largest absolute Gasteiger partial charge is 0.459 e. The molecule has 11 heteroatoms. The Labute approximate surface area is 181 Å². The van der Waals surface area contributed by atoms with Crippen molar-refractivity contribution in [2.45, 2.75) is 35.0 Å². The van der Waals surface area contributed by atoms with Crippen LogP contribution < -0.4 is 5.32 Å². The number of nitrogens with one attached hydrogen (secondary N) is 1. The Hall–Kier alpha value is -1.78. The van der Waals surface area contributed by atoms with Gasteiger partial charge in [0.2, 0.25) is 9.84 Å². The first-order valence-corrected chi connectivity index (χ1v) is 10.5. The molecule has 0 bridgehead atoms. The van der Waals surface area contributed by atoms with Crippen LogP contribution in [0.1, 0.15) is 23.0 Å². The van der Waals surface area contributed by atoms with E-state index in [1.165, 1.54) is 12.1 Å². The third-order valence-electron chi connectivity index (χ3n) is 4.86. The third kappa shape index (κ3) is 3.92. The molecule has 4 rings (SSSR count). The molecule has 1 aliphatic heterocycles. The summed E-state index contributed by atoms with van der Waals surface area (Å²) in [5.74, 6) is 0.751. The predicted octanol–water partition coefficient (Wildman–Crippen LogP) is 4.58. The van der Waals surface area contributed by atoms with Gasteiger partial charge in [-0.15, -0.1) is 12.4 Å². The number of halogens is 5. The summed E-state index contributed by atoms with van der Waals surface area (Å²) >= 11 is 6.26. The summed E-state index contributed by atoms with van der Waals surface area (Å²) in [5.41, 5.74) is 0.803.